The van der Waals surface area contributed by atoms with Crippen molar-refractivity contribution in [3.05, 3.63) is 21.0 Å². The van der Waals surface area contributed by atoms with Gasteiger partial charge in [-0.15, -0.1) is 0 Å². The van der Waals surface area contributed by atoms with E-state index in [-0.39, 0.29) is 11.7 Å². The molecule has 2 N–H and O–H groups in total. The lowest BCUT2D eigenvalue weighted by Crippen LogP contribution is -2.25. The molecule has 0 amide bonds. The number of halogens is 1. The van der Waals surface area contributed by atoms with E-state index in [2.05, 4.69) is 26.3 Å². The molecular weight excluding hydrogens is 310 g/mol. The molecule has 0 aliphatic heterocycles. The van der Waals surface area contributed by atoms with Crippen molar-refractivity contribution in [2.75, 3.05) is 11.9 Å². The van der Waals surface area contributed by atoms with Crippen LogP contribution < -0.4 is 10.9 Å². The first-order valence-electron chi connectivity index (χ1n) is 6.79. The van der Waals surface area contributed by atoms with Crippen LogP contribution in [0.5, 0.6) is 0 Å². The van der Waals surface area contributed by atoms with Gasteiger partial charge in [0.1, 0.15) is 4.47 Å². The summed E-state index contributed by atoms with van der Waals surface area (Å²) in [4.78, 5) is 12.0. The molecule has 0 spiro atoms. The van der Waals surface area contributed by atoms with E-state index in [1.807, 2.05) is 6.92 Å². The summed E-state index contributed by atoms with van der Waals surface area (Å²) in [5, 5.41) is 16.9. The van der Waals surface area contributed by atoms with E-state index < -0.39 is 0 Å². The molecule has 19 heavy (non-hydrogen) atoms. The Morgan fingerprint density at radius 2 is 2.37 bits per heavy atom. The monoisotopic (exact) mass is 329 g/mol. The van der Waals surface area contributed by atoms with Crippen molar-refractivity contribution in [1.29, 1.82) is 0 Å². The molecule has 6 heteroatoms. The Morgan fingerprint density at radius 1 is 1.58 bits per heavy atom. The molecule has 0 aromatic carbocycles. The SMILES string of the molecule is CCCn1ncc(NCC2CCC(O)C2)c(Br)c1=O. The summed E-state index contributed by atoms with van der Waals surface area (Å²) in [6, 6.07) is 0. The third kappa shape index (κ3) is 3.57. The predicted molar refractivity (Wildman–Crippen MR) is 78.3 cm³/mol. The molecule has 0 bridgehead atoms. The summed E-state index contributed by atoms with van der Waals surface area (Å²) >= 11 is 3.34. The van der Waals surface area contributed by atoms with Crippen LogP contribution in [0.1, 0.15) is 32.6 Å². The average Bonchev–Trinajstić information content (AvgIpc) is 2.80. The zero-order chi connectivity index (χ0) is 13.8. The van der Waals surface area contributed by atoms with Gasteiger partial charge in [0.15, 0.2) is 0 Å². The van der Waals surface area contributed by atoms with Crippen LogP contribution in [-0.2, 0) is 6.54 Å². The first kappa shape index (κ1) is 14.5. The van der Waals surface area contributed by atoms with Gasteiger partial charge in [-0.25, -0.2) is 4.68 Å². The van der Waals surface area contributed by atoms with Gasteiger partial charge in [-0.2, -0.15) is 5.10 Å². The van der Waals surface area contributed by atoms with E-state index in [1.165, 1.54) is 4.68 Å². The number of aromatic nitrogens is 2. The molecule has 5 nitrogen and oxygen atoms in total. The number of anilines is 1. The Kier molecular flexibility index (Phi) is 4.99. The third-order valence-corrected chi connectivity index (χ3v) is 4.28. The van der Waals surface area contributed by atoms with Crippen LogP contribution >= 0.6 is 15.9 Å². The Balaban J connectivity index is 2.01. The first-order valence-corrected chi connectivity index (χ1v) is 7.58. The number of aliphatic hydroxyl groups excluding tert-OH is 1. The van der Waals surface area contributed by atoms with E-state index >= 15 is 0 Å². The van der Waals surface area contributed by atoms with Gasteiger partial charge >= 0.3 is 0 Å². The van der Waals surface area contributed by atoms with E-state index in [1.54, 1.807) is 6.20 Å². The van der Waals surface area contributed by atoms with Crippen LogP contribution in [-0.4, -0.2) is 27.5 Å². The molecule has 1 aliphatic carbocycles. The predicted octanol–water partition coefficient (Wildman–Crippen LogP) is 1.99. The number of nitrogens with one attached hydrogen (secondary N) is 1. The van der Waals surface area contributed by atoms with Gasteiger partial charge in [0, 0.05) is 13.1 Å². The maximum absolute atomic E-state index is 12.0. The smallest absolute Gasteiger partial charge is 0.283 e. The van der Waals surface area contributed by atoms with Gasteiger partial charge in [-0.3, -0.25) is 4.79 Å². The summed E-state index contributed by atoms with van der Waals surface area (Å²) in [5.41, 5.74) is 0.636. The lowest BCUT2D eigenvalue weighted by molar-refractivity contribution is 0.178. The fourth-order valence-corrected chi connectivity index (χ4v) is 2.89. The molecule has 1 heterocycles. The van der Waals surface area contributed by atoms with Gasteiger partial charge in [-0.05, 0) is 47.5 Å². The molecular formula is C13H20BrN3O2. The molecule has 1 aliphatic rings. The minimum Gasteiger partial charge on any atom is -0.393 e. The molecule has 1 saturated carbocycles. The zero-order valence-corrected chi connectivity index (χ0v) is 12.7. The van der Waals surface area contributed by atoms with Crippen LogP contribution in [0.4, 0.5) is 5.69 Å². The molecule has 1 aromatic heterocycles. The largest absolute Gasteiger partial charge is 0.393 e. The minimum absolute atomic E-state index is 0.0988. The first-order chi connectivity index (χ1) is 9.11. The van der Waals surface area contributed by atoms with E-state index in [4.69, 9.17) is 0 Å². The van der Waals surface area contributed by atoms with Crippen molar-refractivity contribution < 1.29 is 5.11 Å². The second kappa shape index (κ2) is 6.52. The summed E-state index contributed by atoms with van der Waals surface area (Å²) in [5.74, 6) is 0.472. The number of hydrogen-bond acceptors (Lipinski definition) is 4. The summed E-state index contributed by atoms with van der Waals surface area (Å²) in [6.07, 6.45) is 5.16. The standard InChI is InChI=1S/C13H20BrN3O2/c1-2-5-17-13(19)12(14)11(8-16-17)15-7-9-3-4-10(18)6-9/h8-10,15,18H,2-7H2,1H3. The second-order valence-electron chi connectivity index (χ2n) is 5.11. The van der Waals surface area contributed by atoms with Crippen LogP contribution in [0.2, 0.25) is 0 Å². The minimum atomic E-state index is -0.161. The second-order valence-corrected chi connectivity index (χ2v) is 5.91. The van der Waals surface area contributed by atoms with E-state index in [0.29, 0.717) is 16.9 Å². The van der Waals surface area contributed by atoms with Crippen LogP contribution in [0.15, 0.2) is 15.5 Å². The molecule has 106 valence electrons. The quantitative estimate of drug-likeness (QED) is 0.866. The van der Waals surface area contributed by atoms with Crippen molar-refractivity contribution >= 4 is 21.6 Å². The normalized spacial score (nSPS) is 22.7. The highest BCUT2D eigenvalue weighted by Gasteiger charge is 2.22. The summed E-state index contributed by atoms with van der Waals surface area (Å²) in [6.45, 7) is 3.42. The third-order valence-electron chi connectivity index (χ3n) is 3.52. The Hall–Kier alpha value is -0.880. The molecule has 2 rings (SSSR count). The van der Waals surface area contributed by atoms with Crippen LogP contribution in [0.25, 0.3) is 0 Å². The van der Waals surface area contributed by atoms with Crippen molar-refractivity contribution in [1.82, 2.24) is 9.78 Å². The highest BCUT2D eigenvalue weighted by atomic mass is 79.9. The summed E-state index contributed by atoms with van der Waals surface area (Å²) < 4.78 is 2.00. The Bertz CT molecular complexity index is 489. The van der Waals surface area contributed by atoms with Crippen molar-refractivity contribution in [2.45, 2.75) is 45.3 Å². The molecule has 0 radical (unpaired) electrons. The number of aliphatic hydroxyl groups is 1. The van der Waals surface area contributed by atoms with Gasteiger partial charge < -0.3 is 10.4 Å². The van der Waals surface area contributed by atoms with Gasteiger partial charge in [0.25, 0.3) is 5.56 Å². The topological polar surface area (TPSA) is 67.2 Å². The van der Waals surface area contributed by atoms with E-state index in [9.17, 15) is 9.90 Å². The van der Waals surface area contributed by atoms with Crippen LogP contribution in [0, 0.1) is 5.92 Å². The van der Waals surface area contributed by atoms with Crippen molar-refractivity contribution in [2.24, 2.45) is 5.92 Å². The maximum atomic E-state index is 12.0. The number of hydrogen-bond donors (Lipinski definition) is 2. The average molecular weight is 330 g/mol. The van der Waals surface area contributed by atoms with Gasteiger partial charge in [0.05, 0.1) is 18.0 Å². The fourth-order valence-electron chi connectivity index (χ4n) is 2.45. The molecule has 1 fully saturated rings. The van der Waals surface area contributed by atoms with Crippen molar-refractivity contribution in [3.63, 3.8) is 0 Å². The number of nitrogens with zero attached hydrogens (tertiary/aromatic N) is 2. The Morgan fingerprint density at radius 3 is 3.00 bits per heavy atom. The number of rotatable bonds is 5. The highest BCUT2D eigenvalue weighted by Crippen LogP contribution is 2.26. The molecule has 1 aromatic rings. The van der Waals surface area contributed by atoms with Gasteiger partial charge in [-0.1, -0.05) is 6.92 Å². The lowest BCUT2D eigenvalue weighted by atomic mass is 10.1. The lowest BCUT2D eigenvalue weighted by Gasteiger charge is -2.13. The maximum Gasteiger partial charge on any atom is 0.283 e. The zero-order valence-electron chi connectivity index (χ0n) is 11.1. The number of aryl methyl sites for hydroxylation is 1. The molecule has 0 saturated heterocycles. The molecule has 2 atom stereocenters. The summed E-state index contributed by atoms with van der Waals surface area (Å²) in [7, 11) is 0. The Labute approximate surface area is 121 Å². The molecule has 2 unspecified atom stereocenters. The highest BCUT2D eigenvalue weighted by molar-refractivity contribution is 9.10. The van der Waals surface area contributed by atoms with E-state index in [0.717, 1.165) is 37.9 Å². The van der Waals surface area contributed by atoms with Gasteiger partial charge in [0.2, 0.25) is 0 Å². The fraction of sp³-hybridized carbons (Fsp3) is 0.692. The van der Waals surface area contributed by atoms with Crippen LogP contribution in [0.3, 0.4) is 0 Å². The van der Waals surface area contributed by atoms with Crippen molar-refractivity contribution in [3.8, 4) is 0 Å².